The third-order valence-corrected chi connectivity index (χ3v) is 2.51. The van der Waals surface area contributed by atoms with E-state index < -0.39 is 5.97 Å². The maximum Gasteiger partial charge on any atom is 0.328 e. The Morgan fingerprint density at radius 3 is 2.50 bits per heavy atom. The molecule has 2 N–H and O–H groups in total. The second kappa shape index (κ2) is 5.77. The van der Waals surface area contributed by atoms with Crippen molar-refractivity contribution in [1.29, 1.82) is 0 Å². The van der Waals surface area contributed by atoms with Crippen LogP contribution in [0, 0.1) is 0 Å². The number of anilines is 1. The van der Waals surface area contributed by atoms with E-state index in [1.165, 1.54) is 0 Å². The molecule has 0 heterocycles. The van der Waals surface area contributed by atoms with Gasteiger partial charge in [-0.2, -0.15) is 0 Å². The van der Waals surface area contributed by atoms with Crippen LogP contribution in [0.15, 0.2) is 29.8 Å². The summed E-state index contributed by atoms with van der Waals surface area (Å²) < 4.78 is 0. The number of carbonyl (C=O) groups is 1. The van der Waals surface area contributed by atoms with Crippen molar-refractivity contribution in [2.45, 2.75) is 6.92 Å². The lowest BCUT2D eigenvalue weighted by Crippen LogP contribution is -2.05. The minimum Gasteiger partial charge on any atom is -0.478 e. The lowest BCUT2D eigenvalue weighted by atomic mass is 10.2. The fraction of sp³-hybridized carbons (Fsp3) is 0.182. The molecule has 1 aromatic rings. The Balaban J connectivity index is 2.72. The van der Waals surface area contributed by atoms with Gasteiger partial charge in [-0.05, 0) is 24.6 Å². The highest BCUT2D eigenvalue weighted by molar-refractivity contribution is 6.39. The quantitative estimate of drug-likeness (QED) is 0.815. The molecule has 86 valence electrons. The van der Waals surface area contributed by atoms with Gasteiger partial charge in [-0.25, -0.2) is 4.79 Å². The van der Waals surface area contributed by atoms with E-state index in [2.05, 4.69) is 5.32 Å². The Bertz CT molecular complexity index is 410. The molecule has 0 aromatic heterocycles. The first kappa shape index (κ1) is 12.9. The summed E-state index contributed by atoms with van der Waals surface area (Å²) in [6, 6.07) is 5.17. The van der Waals surface area contributed by atoms with E-state index in [0.29, 0.717) is 27.9 Å². The van der Waals surface area contributed by atoms with Crippen molar-refractivity contribution in [1.82, 2.24) is 0 Å². The van der Waals surface area contributed by atoms with Gasteiger partial charge in [0, 0.05) is 12.6 Å². The molecule has 0 amide bonds. The van der Waals surface area contributed by atoms with Gasteiger partial charge in [0.2, 0.25) is 0 Å². The molecule has 0 spiro atoms. The predicted molar refractivity (Wildman–Crippen MR) is 66.3 cm³/mol. The number of para-hydroxylation sites is 1. The largest absolute Gasteiger partial charge is 0.478 e. The van der Waals surface area contributed by atoms with Crippen LogP contribution in [0.5, 0.6) is 0 Å². The van der Waals surface area contributed by atoms with E-state index in [0.717, 1.165) is 6.08 Å². The number of carboxylic acids is 1. The molecule has 0 aliphatic heterocycles. The topological polar surface area (TPSA) is 49.3 Å². The Hall–Kier alpha value is -1.19. The summed E-state index contributed by atoms with van der Waals surface area (Å²) in [5.41, 5.74) is 1.30. The van der Waals surface area contributed by atoms with Crippen LogP contribution in [0.3, 0.4) is 0 Å². The number of carboxylic acid groups (broad SMARTS) is 1. The van der Waals surface area contributed by atoms with E-state index in [1.54, 1.807) is 25.1 Å². The summed E-state index contributed by atoms with van der Waals surface area (Å²) in [7, 11) is 0. The smallest absolute Gasteiger partial charge is 0.328 e. The van der Waals surface area contributed by atoms with Gasteiger partial charge < -0.3 is 10.4 Å². The lowest BCUT2D eigenvalue weighted by molar-refractivity contribution is -0.131. The molecule has 0 saturated heterocycles. The van der Waals surface area contributed by atoms with Crippen LogP contribution < -0.4 is 5.32 Å². The standard InChI is InChI=1S/C11H11Cl2NO2/c1-7(5-10(15)16)6-14-11-8(12)3-2-4-9(11)13/h2-5,14H,6H2,1H3,(H,15,16)/b7-5-. The van der Waals surface area contributed by atoms with E-state index in [4.69, 9.17) is 28.3 Å². The van der Waals surface area contributed by atoms with Crippen LogP contribution in [0.1, 0.15) is 6.92 Å². The zero-order chi connectivity index (χ0) is 12.1. The average Bonchev–Trinajstić information content (AvgIpc) is 2.15. The molecular weight excluding hydrogens is 249 g/mol. The molecule has 3 nitrogen and oxygen atoms in total. The van der Waals surface area contributed by atoms with Gasteiger partial charge >= 0.3 is 5.97 Å². The van der Waals surface area contributed by atoms with E-state index in [-0.39, 0.29) is 0 Å². The Morgan fingerprint density at radius 1 is 1.44 bits per heavy atom. The molecule has 0 aliphatic rings. The maximum absolute atomic E-state index is 10.4. The van der Waals surface area contributed by atoms with Crippen LogP contribution in [-0.4, -0.2) is 17.6 Å². The summed E-state index contributed by atoms with van der Waals surface area (Å²) in [6.45, 7) is 2.10. The zero-order valence-electron chi connectivity index (χ0n) is 8.63. The molecular formula is C11H11Cl2NO2. The molecule has 0 bridgehead atoms. The second-order valence-electron chi connectivity index (χ2n) is 3.28. The first-order chi connectivity index (χ1) is 7.50. The van der Waals surface area contributed by atoms with Crippen LogP contribution in [0.4, 0.5) is 5.69 Å². The summed E-state index contributed by atoms with van der Waals surface area (Å²) >= 11 is 11.9. The van der Waals surface area contributed by atoms with Crippen LogP contribution in [0.2, 0.25) is 10.0 Å². The summed E-state index contributed by atoms with van der Waals surface area (Å²) in [4.78, 5) is 10.4. The summed E-state index contributed by atoms with van der Waals surface area (Å²) in [5.74, 6) is -0.968. The molecule has 0 fully saturated rings. The Kier molecular flexibility index (Phi) is 4.65. The van der Waals surface area contributed by atoms with E-state index >= 15 is 0 Å². The van der Waals surface area contributed by atoms with Gasteiger partial charge in [0.05, 0.1) is 15.7 Å². The second-order valence-corrected chi connectivity index (χ2v) is 4.09. The minimum atomic E-state index is -0.968. The first-order valence-corrected chi connectivity index (χ1v) is 5.34. The van der Waals surface area contributed by atoms with Crippen molar-refractivity contribution in [3.05, 3.63) is 39.9 Å². The normalized spacial score (nSPS) is 11.3. The Labute approximate surface area is 104 Å². The molecule has 0 atom stereocenters. The van der Waals surface area contributed by atoms with E-state index in [1.807, 2.05) is 0 Å². The number of aliphatic carboxylic acids is 1. The monoisotopic (exact) mass is 259 g/mol. The molecule has 1 rings (SSSR count). The van der Waals surface area contributed by atoms with Gasteiger partial charge in [0.1, 0.15) is 0 Å². The molecule has 0 saturated carbocycles. The SMILES string of the molecule is C/C(=C/C(=O)O)CNc1c(Cl)cccc1Cl. The van der Waals surface area contributed by atoms with Gasteiger partial charge in [0.15, 0.2) is 0 Å². The number of nitrogens with one attached hydrogen (secondary N) is 1. The highest BCUT2D eigenvalue weighted by atomic mass is 35.5. The lowest BCUT2D eigenvalue weighted by Gasteiger charge is -2.09. The number of halogens is 2. The highest BCUT2D eigenvalue weighted by Crippen LogP contribution is 2.29. The minimum absolute atomic E-state index is 0.385. The van der Waals surface area contributed by atoms with Crippen molar-refractivity contribution in [3.8, 4) is 0 Å². The number of hydrogen-bond donors (Lipinski definition) is 2. The average molecular weight is 260 g/mol. The van der Waals surface area contributed by atoms with Gasteiger partial charge in [-0.3, -0.25) is 0 Å². The molecule has 16 heavy (non-hydrogen) atoms. The Morgan fingerprint density at radius 2 is 2.00 bits per heavy atom. The first-order valence-electron chi connectivity index (χ1n) is 4.58. The molecule has 1 aromatic carbocycles. The molecule has 0 aliphatic carbocycles. The van der Waals surface area contributed by atoms with Crippen molar-refractivity contribution in [3.63, 3.8) is 0 Å². The zero-order valence-corrected chi connectivity index (χ0v) is 10.1. The van der Waals surface area contributed by atoms with Gasteiger partial charge in [-0.1, -0.05) is 29.3 Å². The third-order valence-electron chi connectivity index (χ3n) is 1.88. The maximum atomic E-state index is 10.4. The van der Waals surface area contributed by atoms with Crippen molar-refractivity contribution in [2.24, 2.45) is 0 Å². The van der Waals surface area contributed by atoms with Crippen LogP contribution in [0.25, 0.3) is 0 Å². The molecule has 5 heteroatoms. The van der Waals surface area contributed by atoms with Gasteiger partial charge in [0.25, 0.3) is 0 Å². The van der Waals surface area contributed by atoms with E-state index in [9.17, 15) is 4.79 Å². The highest BCUT2D eigenvalue weighted by Gasteiger charge is 2.04. The van der Waals surface area contributed by atoms with Crippen LogP contribution >= 0.6 is 23.2 Å². The summed E-state index contributed by atoms with van der Waals surface area (Å²) in [6.07, 6.45) is 1.14. The molecule has 0 unspecified atom stereocenters. The van der Waals surface area contributed by atoms with Gasteiger partial charge in [-0.15, -0.1) is 0 Å². The van der Waals surface area contributed by atoms with Crippen LogP contribution in [-0.2, 0) is 4.79 Å². The predicted octanol–water partition coefficient (Wildman–Crippen LogP) is 3.44. The number of rotatable bonds is 4. The summed E-state index contributed by atoms with van der Waals surface area (Å²) in [5, 5.41) is 12.5. The van der Waals surface area contributed by atoms with Crippen molar-refractivity contribution >= 4 is 34.9 Å². The third kappa shape index (κ3) is 3.76. The fourth-order valence-electron chi connectivity index (χ4n) is 1.16. The number of benzene rings is 1. The number of hydrogen-bond acceptors (Lipinski definition) is 2. The fourth-order valence-corrected chi connectivity index (χ4v) is 1.69. The van der Waals surface area contributed by atoms with Crippen molar-refractivity contribution in [2.75, 3.05) is 11.9 Å². The molecule has 0 radical (unpaired) electrons. The van der Waals surface area contributed by atoms with Crippen molar-refractivity contribution < 1.29 is 9.90 Å².